The lowest BCUT2D eigenvalue weighted by Crippen LogP contribution is -2.42. The van der Waals surface area contributed by atoms with Crippen LogP contribution < -0.4 is 9.47 Å². The number of esters is 1. The molecule has 1 aromatic carbocycles. The number of hydrogen-bond acceptors (Lipinski definition) is 8. The highest BCUT2D eigenvalue weighted by Crippen LogP contribution is 2.31. The van der Waals surface area contributed by atoms with Gasteiger partial charge in [0, 0.05) is 25.1 Å². The summed E-state index contributed by atoms with van der Waals surface area (Å²) in [6.45, 7) is 2.79. The normalized spacial score (nSPS) is 16.4. The molecule has 1 aromatic heterocycles. The fourth-order valence-electron chi connectivity index (χ4n) is 3.28. The Balaban J connectivity index is 1.59. The zero-order valence-corrected chi connectivity index (χ0v) is 16.8. The van der Waals surface area contributed by atoms with Gasteiger partial charge in [0.2, 0.25) is 11.7 Å². The first kappa shape index (κ1) is 20.6. The molecule has 0 radical (unpaired) electrons. The number of ether oxygens (including phenoxy) is 3. The van der Waals surface area contributed by atoms with E-state index in [4.69, 9.17) is 18.7 Å². The highest BCUT2D eigenvalue weighted by Gasteiger charge is 2.29. The minimum Gasteiger partial charge on any atom is -0.493 e. The SMILES string of the molecule is CCC(=O)N1CCCC(C(=O)OCc2nc(-c3ccc(OC)c(OC)c3)no2)C1. The predicted octanol–water partition coefficient (Wildman–Crippen LogP) is 2.45. The van der Waals surface area contributed by atoms with Gasteiger partial charge in [-0.2, -0.15) is 4.98 Å². The molecule has 9 nitrogen and oxygen atoms in total. The molecule has 0 spiro atoms. The Labute approximate surface area is 168 Å². The lowest BCUT2D eigenvalue weighted by molar-refractivity contribution is -0.153. The Bertz CT molecular complexity index is 866. The molecule has 0 aliphatic carbocycles. The lowest BCUT2D eigenvalue weighted by Gasteiger charge is -2.31. The number of methoxy groups -OCH3 is 2. The Hall–Kier alpha value is -3.10. The van der Waals surface area contributed by atoms with E-state index >= 15 is 0 Å². The van der Waals surface area contributed by atoms with Crippen LogP contribution in [0.15, 0.2) is 22.7 Å². The molecule has 1 unspecified atom stereocenters. The van der Waals surface area contributed by atoms with Gasteiger partial charge in [0.15, 0.2) is 18.1 Å². The molecule has 29 heavy (non-hydrogen) atoms. The molecule has 156 valence electrons. The number of benzene rings is 1. The molecule has 1 aliphatic heterocycles. The molecule has 0 N–H and O–H groups in total. The summed E-state index contributed by atoms with van der Waals surface area (Å²) >= 11 is 0. The van der Waals surface area contributed by atoms with E-state index in [-0.39, 0.29) is 30.3 Å². The van der Waals surface area contributed by atoms with Crippen LogP contribution in [0.5, 0.6) is 11.5 Å². The average Bonchev–Trinajstić information content (AvgIpc) is 3.25. The molecule has 1 aliphatic rings. The minimum atomic E-state index is -0.357. The van der Waals surface area contributed by atoms with E-state index in [9.17, 15) is 9.59 Å². The molecule has 1 fully saturated rings. The van der Waals surface area contributed by atoms with E-state index < -0.39 is 0 Å². The summed E-state index contributed by atoms with van der Waals surface area (Å²) in [7, 11) is 3.10. The van der Waals surface area contributed by atoms with Crippen LogP contribution in [0, 0.1) is 5.92 Å². The number of amides is 1. The second-order valence-electron chi connectivity index (χ2n) is 6.72. The molecule has 2 heterocycles. The molecule has 0 saturated carbocycles. The van der Waals surface area contributed by atoms with E-state index in [0.29, 0.717) is 48.8 Å². The molecule has 1 atom stereocenters. The zero-order valence-electron chi connectivity index (χ0n) is 16.8. The van der Waals surface area contributed by atoms with E-state index in [1.54, 1.807) is 37.3 Å². The largest absolute Gasteiger partial charge is 0.493 e. The van der Waals surface area contributed by atoms with Crippen LogP contribution in [-0.4, -0.2) is 54.2 Å². The quantitative estimate of drug-likeness (QED) is 0.650. The van der Waals surface area contributed by atoms with Gasteiger partial charge >= 0.3 is 5.97 Å². The van der Waals surface area contributed by atoms with Gasteiger partial charge in [-0.05, 0) is 31.0 Å². The first-order valence-electron chi connectivity index (χ1n) is 9.55. The van der Waals surface area contributed by atoms with Crippen LogP contribution in [0.25, 0.3) is 11.4 Å². The Kier molecular flexibility index (Phi) is 6.69. The maximum absolute atomic E-state index is 12.4. The summed E-state index contributed by atoms with van der Waals surface area (Å²) in [5.74, 6) is 1.06. The molecule has 9 heteroatoms. The first-order valence-corrected chi connectivity index (χ1v) is 9.55. The molecular weight excluding hydrogens is 378 g/mol. The van der Waals surface area contributed by atoms with Crippen LogP contribution >= 0.6 is 0 Å². The number of carbonyl (C=O) groups is 2. The van der Waals surface area contributed by atoms with Crippen LogP contribution in [-0.2, 0) is 20.9 Å². The van der Waals surface area contributed by atoms with Crippen molar-refractivity contribution in [2.45, 2.75) is 32.8 Å². The van der Waals surface area contributed by atoms with Crippen molar-refractivity contribution in [2.24, 2.45) is 5.92 Å². The number of aromatic nitrogens is 2. The van der Waals surface area contributed by atoms with Crippen molar-refractivity contribution in [2.75, 3.05) is 27.3 Å². The smallest absolute Gasteiger partial charge is 0.311 e. The van der Waals surface area contributed by atoms with Gasteiger partial charge in [0.1, 0.15) is 0 Å². The fraction of sp³-hybridized carbons (Fsp3) is 0.500. The predicted molar refractivity (Wildman–Crippen MR) is 102 cm³/mol. The Morgan fingerprint density at radius 2 is 2.03 bits per heavy atom. The summed E-state index contributed by atoms with van der Waals surface area (Å²) in [4.78, 5) is 30.2. The van der Waals surface area contributed by atoms with Crippen molar-refractivity contribution in [3.05, 3.63) is 24.1 Å². The van der Waals surface area contributed by atoms with Crippen molar-refractivity contribution >= 4 is 11.9 Å². The second-order valence-corrected chi connectivity index (χ2v) is 6.72. The van der Waals surface area contributed by atoms with Gasteiger partial charge < -0.3 is 23.6 Å². The fourth-order valence-corrected chi connectivity index (χ4v) is 3.28. The van der Waals surface area contributed by atoms with Crippen molar-refractivity contribution in [1.29, 1.82) is 0 Å². The molecular formula is C20H25N3O6. The number of likely N-dealkylation sites (tertiary alicyclic amines) is 1. The maximum Gasteiger partial charge on any atom is 0.311 e. The monoisotopic (exact) mass is 403 g/mol. The Morgan fingerprint density at radius 3 is 2.76 bits per heavy atom. The average molecular weight is 403 g/mol. The van der Waals surface area contributed by atoms with Crippen LogP contribution in [0.3, 0.4) is 0 Å². The van der Waals surface area contributed by atoms with Crippen molar-refractivity contribution < 1.29 is 28.3 Å². The third kappa shape index (κ3) is 4.85. The van der Waals surface area contributed by atoms with E-state index in [2.05, 4.69) is 10.1 Å². The highest BCUT2D eigenvalue weighted by atomic mass is 16.6. The topological polar surface area (TPSA) is 104 Å². The van der Waals surface area contributed by atoms with Crippen molar-refractivity contribution in [1.82, 2.24) is 15.0 Å². The number of piperidine rings is 1. The van der Waals surface area contributed by atoms with Gasteiger partial charge in [-0.1, -0.05) is 12.1 Å². The first-order chi connectivity index (χ1) is 14.0. The zero-order chi connectivity index (χ0) is 20.8. The summed E-state index contributed by atoms with van der Waals surface area (Å²) < 4.78 is 21.0. The molecule has 3 rings (SSSR count). The van der Waals surface area contributed by atoms with Gasteiger partial charge in [-0.25, -0.2) is 0 Å². The summed E-state index contributed by atoms with van der Waals surface area (Å²) in [5, 5.41) is 3.93. The molecule has 1 amide bonds. The van der Waals surface area contributed by atoms with E-state index in [1.165, 1.54) is 0 Å². The van der Waals surface area contributed by atoms with Crippen LogP contribution in [0.2, 0.25) is 0 Å². The number of rotatable bonds is 7. The van der Waals surface area contributed by atoms with E-state index in [0.717, 1.165) is 6.42 Å². The second kappa shape index (κ2) is 9.40. The van der Waals surface area contributed by atoms with Crippen molar-refractivity contribution in [3.63, 3.8) is 0 Å². The van der Waals surface area contributed by atoms with E-state index in [1.807, 2.05) is 6.92 Å². The molecule has 2 aromatic rings. The third-order valence-corrected chi connectivity index (χ3v) is 4.86. The van der Waals surface area contributed by atoms with Gasteiger partial charge in [-0.3, -0.25) is 9.59 Å². The van der Waals surface area contributed by atoms with Gasteiger partial charge in [0.05, 0.1) is 20.1 Å². The highest BCUT2D eigenvalue weighted by molar-refractivity contribution is 5.78. The van der Waals surface area contributed by atoms with Crippen LogP contribution in [0.1, 0.15) is 32.1 Å². The molecule has 0 bridgehead atoms. The van der Waals surface area contributed by atoms with Crippen LogP contribution in [0.4, 0.5) is 0 Å². The van der Waals surface area contributed by atoms with Gasteiger partial charge in [0.25, 0.3) is 5.89 Å². The number of nitrogens with zero attached hydrogens (tertiary/aromatic N) is 3. The summed E-state index contributed by atoms with van der Waals surface area (Å²) in [5.41, 5.74) is 0.685. The summed E-state index contributed by atoms with van der Waals surface area (Å²) in [6.07, 6.45) is 1.92. The summed E-state index contributed by atoms with van der Waals surface area (Å²) in [6, 6.07) is 5.26. The van der Waals surface area contributed by atoms with Gasteiger partial charge in [-0.15, -0.1) is 0 Å². The minimum absolute atomic E-state index is 0.0546. The standard InChI is InChI=1S/C20H25N3O6/c1-4-18(24)23-9-5-6-14(11-23)20(25)28-12-17-21-19(22-29-17)13-7-8-15(26-2)16(10-13)27-3/h7-8,10,14H,4-6,9,11-12H2,1-3H3. The number of hydrogen-bond donors (Lipinski definition) is 0. The number of carbonyl (C=O) groups excluding carboxylic acids is 2. The molecule has 1 saturated heterocycles. The lowest BCUT2D eigenvalue weighted by atomic mass is 9.98. The third-order valence-electron chi connectivity index (χ3n) is 4.86. The van der Waals surface area contributed by atoms with Crippen molar-refractivity contribution in [3.8, 4) is 22.9 Å². The Morgan fingerprint density at radius 1 is 1.24 bits per heavy atom. The maximum atomic E-state index is 12.4.